The van der Waals surface area contributed by atoms with Crippen molar-refractivity contribution in [3.8, 4) is 0 Å². The van der Waals surface area contributed by atoms with Crippen LogP contribution in [0.5, 0.6) is 0 Å². The molecule has 0 aliphatic heterocycles. The Labute approximate surface area is 108 Å². The van der Waals surface area contributed by atoms with E-state index in [4.69, 9.17) is 0 Å². The van der Waals surface area contributed by atoms with Crippen molar-refractivity contribution >= 4 is 5.97 Å². The molecule has 0 amide bonds. The van der Waals surface area contributed by atoms with Gasteiger partial charge < -0.3 is 10.4 Å². The largest absolute Gasteiger partial charge is 0.480 e. The maximum atomic E-state index is 11.3. The Bertz CT molecular complexity index is 444. The van der Waals surface area contributed by atoms with Gasteiger partial charge in [0.15, 0.2) is 0 Å². The Morgan fingerprint density at radius 1 is 1.50 bits per heavy atom. The molecule has 0 bridgehead atoms. The van der Waals surface area contributed by atoms with Gasteiger partial charge in [-0.25, -0.2) is 0 Å². The summed E-state index contributed by atoms with van der Waals surface area (Å²) in [5.41, 5.74) is 1.98. The molecular weight excluding hydrogens is 226 g/mol. The number of carboxylic acids is 1. The van der Waals surface area contributed by atoms with E-state index in [0.717, 1.165) is 19.4 Å². The Balaban J connectivity index is 1.95. The van der Waals surface area contributed by atoms with Gasteiger partial charge in [0.2, 0.25) is 0 Å². The molecule has 0 spiro atoms. The first kappa shape index (κ1) is 13.1. The van der Waals surface area contributed by atoms with Gasteiger partial charge in [-0.2, -0.15) is 0 Å². The minimum Gasteiger partial charge on any atom is -0.480 e. The Hall–Kier alpha value is -1.35. The lowest BCUT2D eigenvalue weighted by atomic mass is 9.77. The minimum atomic E-state index is -0.792. The van der Waals surface area contributed by atoms with E-state index in [1.54, 1.807) is 6.92 Å². The molecule has 2 unspecified atom stereocenters. The lowest BCUT2D eigenvalue weighted by Crippen LogP contribution is -2.51. The minimum absolute atomic E-state index is 0.469. The first-order valence-electron chi connectivity index (χ1n) is 6.63. The predicted octanol–water partition coefficient (Wildman–Crippen LogP) is 2.56. The summed E-state index contributed by atoms with van der Waals surface area (Å²) in [7, 11) is 0. The van der Waals surface area contributed by atoms with Crippen molar-refractivity contribution in [1.82, 2.24) is 5.32 Å². The summed E-state index contributed by atoms with van der Waals surface area (Å²) >= 11 is 0. The van der Waals surface area contributed by atoms with Gasteiger partial charge in [0.25, 0.3) is 0 Å². The van der Waals surface area contributed by atoms with Crippen LogP contribution in [0.15, 0.2) is 24.3 Å². The third-order valence-electron chi connectivity index (χ3n) is 3.92. The SMILES string of the molecule is CCCC(C)(NCC1Cc2ccccc21)C(=O)O. The predicted molar refractivity (Wildman–Crippen MR) is 71.8 cm³/mol. The summed E-state index contributed by atoms with van der Waals surface area (Å²) in [4.78, 5) is 11.3. The number of rotatable bonds is 6. The fourth-order valence-corrected chi connectivity index (χ4v) is 2.66. The molecule has 1 aliphatic rings. The van der Waals surface area contributed by atoms with Crippen LogP contribution in [0, 0.1) is 0 Å². The quantitative estimate of drug-likeness (QED) is 0.812. The summed E-state index contributed by atoms with van der Waals surface area (Å²) in [6.45, 7) is 4.55. The third kappa shape index (κ3) is 2.41. The normalized spacial score (nSPS) is 20.7. The third-order valence-corrected chi connectivity index (χ3v) is 3.92. The van der Waals surface area contributed by atoms with Crippen molar-refractivity contribution in [2.45, 2.75) is 44.6 Å². The number of benzene rings is 1. The van der Waals surface area contributed by atoms with E-state index in [-0.39, 0.29) is 0 Å². The Morgan fingerprint density at radius 2 is 2.22 bits per heavy atom. The van der Waals surface area contributed by atoms with Gasteiger partial charge in [0, 0.05) is 12.5 Å². The highest BCUT2D eigenvalue weighted by atomic mass is 16.4. The molecule has 18 heavy (non-hydrogen) atoms. The fraction of sp³-hybridized carbons (Fsp3) is 0.533. The summed E-state index contributed by atoms with van der Waals surface area (Å²) in [5.74, 6) is -0.284. The van der Waals surface area contributed by atoms with Crippen LogP contribution < -0.4 is 5.32 Å². The number of fused-ring (bicyclic) bond motifs is 1. The summed E-state index contributed by atoms with van der Waals surface area (Å²) in [6, 6.07) is 8.39. The smallest absolute Gasteiger partial charge is 0.323 e. The number of nitrogens with one attached hydrogen (secondary N) is 1. The molecule has 3 nitrogen and oxygen atoms in total. The molecule has 3 heteroatoms. The van der Waals surface area contributed by atoms with Crippen LogP contribution in [-0.2, 0) is 11.2 Å². The maximum Gasteiger partial charge on any atom is 0.323 e. The highest BCUT2D eigenvalue weighted by Crippen LogP contribution is 2.34. The van der Waals surface area contributed by atoms with Crippen molar-refractivity contribution in [3.05, 3.63) is 35.4 Å². The Kier molecular flexibility index (Phi) is 3.71. The molecule has 1 aliphatic carbocycles. The van der Waals surface area contributed by atoms with E-state index in [1.165, 1.54) is 11.1 Å². The van der Waals surface area contributed by atoms with Gasteiger partial charge in [0.1, 0.15) is 5.54 Å². The molecule has 0 saturated carbocycles. The zero-order valence-corrected chi connectivity index (χ0v) is 11.1. The number of carbonyl (C=O) groups is 1. The molecule has 1 aromatic rings. The highest BCUT2D eigenvalue weighted by molar-refractivity contribution is 5.78. The maximum absolute atomic E-state index is 11.3. The molecule has 2 N–H and O–H groups in total. The average molecular weight is 247 g/mol. The van der Waals surface area contributed by atoms with Gasteiger partial charge in [-0.05, 0) is 30.9 Å². The van der Waals surface area contributed by atoms with Crippen LogP contribution in [0.3, 0.4) is 0 Å². The van der Waals surface area contributed by atoms with Gasteiger partial charge in [-0.3, -0.25) is 4.79 Å². The number of aliphatic carboxylic acids is 1. The van der Waals surface area contributed by atoms with Gasteiger partial charge >= 0.3 is 5.97 Å². The Morgan fingerprint density at radius 3 is 2.83 bits per heavy atom. The monoisotopic (exact) mass is 247 g/mol. The van der Waals surface area contributed by atoms with Gasteiger partial charge in [0.05, 0.1) is 0 Å². The second-order valence-corrected chi connectivity index (χ2v) is 5.37. The zero-order chi connectivity index (χ0) is 13.2. The van der Waals surface area contributed by atoms with Crippen LogP contribution in [-0.4, -0.2) is 23.2 Å². The van der Waals surface area contributed by atoms with Crippen LogP contribution in [0.1, 0.15) is 43.7 Å². The van der Waals surface area contributed by atoms with Crippen molar-refractivity contribution in [1.29, 1.82) is 0 Å². The molecule has 0 heterocycles. The number of carboxylic acid groups (broad SMARTS) is 1. The topological polar surface area (TPSA) is 49.3 Å². The standard InChI is InChI=1S/C15H21NO2/c1-3-8-15(2,14(17)18)16-10-12-9-11-6-4-5-7-13(11)12/h4-7,12,16H,3,8-10H2,1-2H3,(H,17,18). The van der Waals surface area contributed by atoms with Crippen LogP contribution in [0.4, 0.5) is 0 Å². The van der Waals surface area contributed by atoms with E-state index < -0.39 is 11.5 Å². The molecule has 2 rings (SSSR count). The van der Waals surface area contributed by atoms with Crippen molar-refractivity contribution in [2.75, 3.05) is 6.54 Å². The molecule has 0 radical (unpaired) electrons. The first-order chi connectivity index (χ1) is 8.57. The van der Waals surface area contributed by atoms with E-state index in [2.05, 4.69) is 23.5 Å². The van der Waals surface area contributed by atoms with Crippen molar-refractivity contribution in [2.24, 2.45) is 0 Å². The molecule has 2 atom stereocenters. The summed E-state index contributed by atoms with van der Waals surface area (Å²) < 4.78 is 0. The average Bonchev–Trinajstić information content (AvgIpc) is 2.30. The molecule has 0 saturated heterocycles. The second-order valence-electron chi connectivity index (χ2n) is 5.37. The second kappa shape index (κ2) is 5.11. The summed E-state index contributed by atoms with van der Waals surface area (Å²) in [6.07, 6.45) is 2.60. The van der Waals surface area contributed by atoms with Crippen molar-refractivity contribution < 1.29 is 9.90 Å². The van der Waals surface area contributed by atoms with Crippen LogP contribution >= 0.6 is 0 Å². The van der Waals surface area contributed by atoms with Crippen LogP contribution in [0.2, 0.25) is 0 Å². The van der Waals surface area contributed by atoms with Gasteiger partial charge in [-0.1, -0.05) is 37.6 Å². The fourth-order valence-electron chi connectivity index (χ4n) is 2.66. The van der Waals surface area contributed by atoms with Gasteiger partial charge in [-0.15, -0.1) is 0 Å². The number of hydrogen-bond acceptors (Lipinski definition) is 2. The van der Waals surface area contributed by atoms with Crippen LogP contribution in [0.25, 0.3) is 0 Å². The molecule has 98 valence electrons. The lowest BCUT2D eigenvalue weighted by molar-refractivity contribution is -0.144. The first-order valence-corrected chi connectivity index (χ1v) is 6.63. The van der Waals surface area contributed by atoms with Crippen molar-refractivity contribution in [3.63, 3.8) is 0 Å². The lowest BCUT2D eigenvalue weighted by Gasteiger charge is -2.34. The zero-order valence-electron chi connectivity index (χ0n) is 11.1. The molecule has 1 aromatic carbocycles. The van der Waals surface area contributed by atoms with E-state index >= 15 is 0 Å². The highest BCUT2D eigenvalue weighted by Gasteiger charge is 2.34. The summed E-state index contributed by atoms with van der Waals surface area (Å²) in [5, 5.41) is 12.5. The molecular formula is C15H21NO2. The van der Waals surface area contributed by atoms with E-state index in [0.29, 0.717) is 12.3 Å². The molecule has 0 aromatic heterocycles. The van der Waals surface area contributed by atoms with E-state index in [9.17, 15) is 9.90 Å². The molecule has 0 fully saturated rings. The number of hydrogen-bond donors (Lipinski definition) is 2. The van der Waals surface area contributed by atoms with E-state index in [1.807, 2.05) is 13.0 Å².